The van der Waals surface area contributed by atoms with E-state index in [2.05, 4.69) is 25.6 Å². The van der Waals surface area contributed by atoms with E-state index in [1.165, 1.54) is 0 Å². The topological polar surface area (TPSA) is 90.7 Å². The van der Waals surface area contributed by atoms with Crippen LogP contribution in [0, 0.1) is 6.92 Å². The number of aryl methyl sites for hydroxylation is 1. The lowest BCUT2D eigenvalue weighted by Crippen LogP contribution is -2.55. The molecule has 2 N–H and O–H groups in total. The van der Waals surface area contributed by atoms with Crippen LogP contribution in [0.4, 0.5) is 5.82 Å². The summed E-state index contributed by atoms with van der Waals surface area (Å²) in [5.74, 6) is 1.18. The zero-order valence-corrected chi connectivity index (χ0v) is 15.0. The maximum Gasteiger partial charge on any atom is 0.242 e. The summed E-state index contributed by atoms with van der Waals surface area (Å²) in [6.45, 7) is 7.40. The van der Waals surface area contributed by atoms with Gasteiger partial charge in [-0.05, 0) is 26.2 Å². The van der Waals surface area contributed by atoms with Crippen molar-refractivity contribution in [2.24, 2.45) is 0 Å². The predicted octanol–water partition coefficient (Wildman–Crippen LogP) is 0.596. The molecule has 2 aliphatic rings. The van der Waals surface area contributed by atoms with Crippen molar-refractivity contribution in [2.45, 2.75) is 45.2 Å². The highest BCUT2D eigenvalue weighted by atomic mass is 16.5. The Bertz CT molecular complexity index is 605. The summed E-state index contributed by atoms with van der Waals surface area (Å²) in [5, 5.41) is 9.65. The molecule has 1 saturated heterocycles. The number of hydrogen-bond acceptors (Lipinski definition) is 6. The number of hydrogen-bond donors (Lipinski definition) is 2. The molecule has 1 aliphatic carbocycles. The summed E-state index contributed by atoms with van der Waals surface area (Å²) in [6, 6.07) is 1.92. The lowest BCUT2D eigenvalue weighted by molar-refractivity contribution is -0.125. The number of carbonyl (C=O) groups is 2. The van der Waals surface area contributed by atoms with E-state index in [0.717, 1.165) is 45.4 Å². The molecular formula is C17H27N5O3. The monoisotopic (exact) mass is 349 g/mol. The lowest BCUT2D eigenvalue weighted by Gasteiger charge is -2.38. The Labute approximate surface area is 147 Å². The molecule has 138 valence electrons. The summed E-state index contributed by atoms with van der Waals surface area (Å²) >= 11 is 0. The van der Waals surface area contributed by atoms with Gasteiger partial charge in [0.25, 0.3) is 0 Å². The third-order valence-electron chi connectivity index (χ3n) is 4.73. The molecule has 1 aromatic rings. The fourth-order valence-electron chi connectivity index (χ4n) is 3.18. The smallest absolute Gasteiger partial charge is 0.242 e. The van der Waals surface area contributed by atoms with E-state index in [4.69, 9.17) is 4.52 Å². The van der Waals surface area contributed by atoms with Crippen molar-refractivity contribution in [3.8, 4) is 0 Å². The van der Waals surface area contributed by atoms with Crippen LogP contribution in [0.25, 0.3) is 0 Å². The molecule has 2 heterocycles. The zero-order valence-electron chi connectivity index (χ0n) is 15.0. The minimum atomic E-state index is -0.195. The summed E-state index contributed by atoms with van der Waals surface area (Å²) in [7, 11) is 0. The first-order valence-corrected chi connectivity index (χ1v) is 9.05. The highest BCUT2D eigenvalue weighted by molar-refractivity contribution is 5.94. The second kappa shape index (κ2) is 7.97. The van der Waals surface area contributed by atoms with Gasteiger partial charge in [0.1, 0.15) is 5.76 Å². The fraction of sp³-hybridized carbons (Fsp3) is 0.706. The van der Waals surface area contributed by atoms with E-state index in [0.29, 0.717) is 24.2 Å². The molecule has 2 amide bonds. The van der Waals surface area contributed by atoms with Gasteiger partial charge < -0.3 is 15.2 Å². The lowest BCUT2D eigenvalue weighted by atomic mass is 10.1. The van der Waals surface area contributed by atoms with Gasteiger partial charge in [-0.3, -0.25) is 19.4 Å². The van der Waals surface area contributed by atoms with E-state index < -0.39 is 0 Å². The van der Waals surface area contributed by atoms with Crippen LogP contribution in [0.15, 0.2) is 10.6 Å². The van der Waals surface area contributed by atoms with E-state index in [9.17, 15) is 9.59 Å². The predicted molar refractivity (Wildman–Crippen MR) is 93.1 cm³/mol. The molecule has 25 heavy (non-hydrogen) atoms. The second-order valence-electron chi connectivity index (χ2n) is 6.89. The second-order valence-corrected chi connectivity index (χ2v) is 6.89. The van der Waals surface area contributed by atoms with Crippen molar-refractivity contribution in [3.05, 3.63) is 11.8 Å². The van der Waals surface area contributed by atoms with Crippen molar-refractivity contribution in [3.63, 3.8) is 0 Å². The molecule has 0 radical (unpaired) electrons. The molecule has 2 fully saturated rings. The first-order chi connectivity index (χ1) is 12.0. The van der Waals surface area contributed by atoms with Crippen molar-refractivity contribution in [1.29, 1.82) is 0 Å². The Kier molecular flexibility index (Phi) is 5.70. The molecule has 1 aromatic heterocycles. The maximum atomic E-state index is 12.5. The number of nitrogens with zero attached hydrogens (tertiary/aromatic N) is 3. The van der Waals surface area contributed by atoms with Crippen LogP contribution in [0.3, 0.4) is 0 Å². The van der Waals surface area contributed by atoms with Crippen LogP contribution in [0.5, 0.6) is 0 Å². The summed E-state index contributed by atoms with van der Waals surface area (Å²) in [6.07, 6.45) is 2.94. The van der Waals surface area contributed by atoms with Gasteiger partial charge in [-0.1, -0.05) is 12.1 Å². The number of anilines is 1. The van der Waals surface area contributed by atoms with Crippen LogP contribution >= 0.6 is 0 Å². The Morgan fingerprint density at radius 3 is 2.60 bits per heavy atom. The standard InChI is InChI=1S/C17H27N5O3/c1-3-14(17(24)19-15-10-12(2)25-20-15)22-8-6-21(7-9-22)11-16(23)18-13-4-5-13/h10,13-14H,3-9,11H2,1-2H3,(H,18,23)(H,19,20,24). The average Bonchev–Trinajstić information content (AvgIpc) is 3.29. The SMILES string of the molecule is CCC(C(=O)Nc1cc(C)on1)N1CCN(CC(=O)NC2CC2)CC1. The molecule has 0 spiro atoms. The highest BCUT2D eigenvalue weighted by Crippen LogP contribution is 2.18. The van der Waals surface area contributed by atoms with Gasteiger partial charge >= 0.3 is 0 Å². The third kappa shape index (κ3) is 5.02. The number of piperazine rings is 1. The molecule has 8 heteroatoms. The number of nitrogens with one attached hydrogen (secondary N) is 2. The van der Waals surface area contributed by atoms with Gasteiger partial charge in [-0.15, -0.1) is 0 Å². The fourth-order valence-corrected chi connectivity index (χ4v) is 3.18. The quantitative estimate of drug-likeness (QED) is 0.749. The first-order valence-electron chi connectivity index (χ1n) is 9.05. The summed E-state index contributed by atoms with van der Waals surface area (Å²) < 4.78 is 4.98. The average molecular weight is 349 g/mol. The molecule has 3 rings (SSSR count). The van der Waals surface area contributed by atoms with E-state index in [1.807, 2.05) is 6.92 Å². The Morgan fingerprint density at radius 1 is 1.32 bits per heavy atom. The molecule has 1 unspecified atom stereocenters. The summed E-state index contributed by atoms with van der Waals surface area (Å²) in [5.41, 5.74) is 0. The van der Waals surface area contributed by atoms with Crippen molar-refractivity contribution < 1.29 is 14.1 Å². The van der Waals surface area contributed by atoms with Crippen molar-refractivity contribution in [2.75, 3.05) is 38.0 Å². The van der Waals surface area contributed by atoms with Crippen LogP contribution < -0.4 is 10.6 Å². The largest absolute Gasteiger partial charge is 0.360 e. The van der Waals surface area contributed by atoms with Crippen LogP contribution in [-0.4, -0.2) is 71.6 Å². The molecule has 1 atom stereocenters. The first kappa shape index (κ1) is 17.9. The normalized spacial score (nSPS) is 20.2. The van der Waals surface area contributed by atoms with Crippen molar-refractivity contribution in [1.82, 2.24) is 20.3 Å². The third-order valence-corrected chi connectivity index (χ3v) is 4.73. The maximum absolute atomic E-state index is 12.5. The van der Waals surface area contributed by atoms with Crippen molar-refractivity contribution >= 4 is 17.6 Å². The molecule has 0 bridgehead atoms. The van der Waals surface area contributed by atoms with Gasteiger partial charge in [0.15, 0.2) is 5.82 Å². The van der Waals surface area contributed by atoms with Gasteiger partial charge in [0.2, 0.25) is 11.8 Å². The molecule has 1 aliphatic heterocycles. The molecule has 0 aromatic carbocycles. The number of aromatic nitrogens is 1. The number of amides is 2. The molecular weight excluding hydrogens is 322 g/mol. The van der Waals surface area contributed by atoms with Crippen LogP contribution in [0.2, 0.25) is 0 Å². The Balaban J connectivity index is 1.46. The van der Waals surface area contributed by atoms with Gasteiger partial charge in [-0.25, -0.2) is 0 Å². The minimum Gasteiger partial charge on any atom is -0.360 e. The molecule has 8 nitrogen and oxygen atoms in total. The van der Waals surface area contributed by atoms with Crippen LogP contribution in [-0.2, 0) is 9.59 Å². The van der Waals surface area contributed by atoms with E-state index >= 15 is 0 Å². The van der Waals surface area contributed by atoms with E-state index in [1.54, 1.807) is 13.0 Å². The zero-order chi connectivity index (χ0) is 17.8. The Hall–Kier alpha value is -1.93. The molecule has 1 saturated carbocycles. The van der Waals surface area contributed by atoms with Gasteiger partial charge in [0.05, 0.1) is 12.6 Å². The van der Waals surface area contributed by atoms with Crippen LogP contribution in [0.1, 0.15) is 31.9 Å². The summed E-state index contributed by atoms with van der Waals surface area (Å²) in [4.78, 5) is 28.8. The number of rotatable bonds is 7. The van der Waals surface area contributed by atoms with Gasteiger partial charge in [0, 0.05) is 38.3 Å². The van der Waals surface area contributed by atoms with Gasteiger partial charge in [-0.2, -0.15) is 0 Å². The van der Waals surface area contributed by atoms with E-state index in [-0.39, 0.29) is 17.9 Å². The highest BCUT2D eigenvalue weighted by Gasteiger charge is 2.29. The number of carbonyl (C=O) groups excluding carboxylic acids is 2. The minimum absolute atomic E-state index is 0.0595. The Morgan fingerprint density at radius 2 is 2.04 bits per heavy atom.